The monoisotopic (exact) mass is 871 g/mol. The van der Waals surface area contributed by atoms with Crippen LogP contribution in [0.1, 0.15) is 88.2 Å². The van der Waals surface area contributed by atoms with Gasteiger partial charge >= 0.3 is 0 Å². The number of nitrogens with two attached hydrogens (primary N) is 2. The summed E-state index contributed by atoms with van der Waals surface area (Å²) in [4.78, 5) is 57.4. The molecule has 0 radical (unpaired) electrons. The Morgan fingerprint density at radius 2 is 1.63 bits per heavy atom. The lowest BCUT2D eigenvalue weighted by molar-refractivity contribution is -0.215. The smallest absolute Gasteiger partial charge is 0.252 e. The predicted octanol–water partition coefficient (Wildman–Crippen LogP) is 4.01. The molecule has 0 aliphatic heterocycles. The maximum Gasteiger partial charge on any atom is 0.252 e. The molecule has 4 aliphatic carbocycles. The number of carbonyl (C=O) groups excluding carboxylic acids is 3. The number of unbranched alkanes of at least 4 members (excludes halogenated alkanes) is 1. The molecule has 2 heterocycles. The number of rotatable bonds is 18. The highest BCUT2D eigenvalue weighted by Gasteiger charge is 2.75. The van der Waals surface area contributed by atoms with Gasteiger partial charge < -0.3 is 46.7 Å². The van der Waals surface area contributed by atoms with E-state index in [9.17, 15) is 24.6 Å². The lowest BCUT2D eigenvalue weighted by Gasteiger charge is -2.61. The molecule has 1 aromatic carbocycles. The molecule has 0 bridgehead atoms. The summed E-state index contributed by atoms with van der Waals surface area (Å²) in [6.07, 6.45) is 8.95. The van der Waals surface area contributed by atoms with Crippen LogP contribution in [0.3, 0.4) is 0 Å². The molecule has 340 valence electrons. The first-order valence-corrected chi connectivity index (χ1v) is 22.1. The number of halogens is 1. The van der Waals surface area contributed by atoms with Gasteiger partial charge in [0.2, 0.25) is 5.95 Å². The van der Waals surface area contributed by atoms with Crippen LogP contribution < -0.4 is 27.0 Å². The van der Waals surface area contributed by atoms with Gasteiger partial charge in [-0.1, -0.05) is 31.6 Å². The molecule has 0 spiro atoms. The topological polar surface area (TPSA) is 241 Å². The molecule has 2 fully saturated rings. The Hall–Kier alpha value is -5.10. The van der Waals surface area contributed by atoms with Crippen molar-refractivity contribution in [2.24, 2.45) is 28.6 Å². The van der Waals surface area contributed by atoms with E-state index >= 15 is 4.39 Å². The summed E-state index contributed by atoms with van der Waals surface area (Å²) in [5.41, 5.74) is 9.20. The van der Waals surface area contributed by atoms with Gasteiger partial charge in [-0.05, 0) is 94.0 Å². The van der Waals surface area contributed by atoms with Gasteiger partial charge in [0, 0.05) is 81.0 Å². The Balaban J connectivity index is 0.739. The fourth-order valence-corrected chi connectivity index (χ4v) is 10.8. The van der Waals surface area contributed by atoms with Crippen LogP contribution in [-0.4, -0.2) is 112 Å². The largest absolute Gasteiger partial charge is 0.390 e. The SMILES string of the molecule is C[C@@H]1C[C@H]2C3CC=C4CC(=O)C=C[C@]4(C)[C@@]3(F)[C@@H](O)C[C@]2(C)[C@@]1(O)C(=O)NCCCOCCCCOCCCNC(=O)c1ccc(N(C)Cc2cnc3nc(N)nc(N)c3n2)cc1. The molecule has 2 saturated carbocycles. The third-order valence-electron chi connectivity index (χ3n) is 14.3. The van der Waals surface area contributed by atoms with E-state index in [0.717, 1.165) is 18.5 Å². The van der Waals surface area contributed by atoms with Crippen LogP contribution in [0.2, 0.25) is 0 Å². The van der Waals surface area contributed by atoms with E-state index in [0.29, 0.717) is 99.7 Å². The second kappa shape index (κ2) is 18.6. The first-order chi connectivity index (χ1) is 30.0. The molecule has 16 nitrogen and oxygen atoms in total. The molecular formula is C46H62FN9O7. The number of benzene rings is 1. The van der Waals surface area contributed by atoms with Gasteiger partial charge in [-0.3, -0.25) is 14.4 Å². The van der Waals surface area contributed by atoms with Crippen LogP contribution in [0.25, 0.3) is 11.2 Å². The molecule has 17 heteroatoms. The Kier molecular flexibility index (Phi) is 13.5. The Morgan fingerprint density at radius 3 is 2.33 bits per heavy atom. The number of hydrogen-bond acceptors (Lipinski definition) is 14. The number of hydrogen-bond donors (Lipinski definition) is 6. The van der Waals surface area contributed by atoms with Crippen molar-refractivity contribution in [1.82, 2.24) is 30.6 Å². The molecule has 3 aromatic rings. The van der Waals surface area contributed by atoms with E-state index < -0.39 is 45.9 Å². The molecule has 8 N–H and O–H groups in total. The highest BCUT2D eigenvalue weighted by Crippen LogP contribution is 2.70. The number of aliphatic hydroxyl groups is 2. The van der Waals surface area contributed by atoms with Crippen molar-refractivity contribution in [1.29, 1.82) is 0 Å². The Labute approximate surface area is 367 Å². The molecule has 63 heavy (non-hydrogen) atoms. The maximum atomic E-state index is 17.4. The van der Waals surface area contributed by atoms with Crippen LogP contribution in [0.4, 0.5) is 21.8 Å². The molecule has 7 rings (SSSR count). The minimum atomic E-state index is -2.01. The quantitative estimate of drug-likeness (QED) is 0.0783. The number of nitrogens with zero attached hydrogens (tertiary/aromatic N) is 5. The van der Waals surface area contributed by atoms with Gasteiger partial charge in [-0.2, -0.15) is 9.97 Å². The fraction of sp³-hybridized carbons (Fsp3) is 0.587. The van der Waals surface area contributed by atoms with Crippen molar-refractivity contribution < 1.29 is 38.5 Å². The minimum Gasteiger partial charge on any atom is -0.390 e. The number of ether oxygens (including phenoxy) is 2. The van der Waals surface area contributed by atoms with Crippen LogP contribution in [-0.2, 0) is 25.6 Å². The standard InChI is InChI=1S/C46H62FN9O7/c1-28-23-35-34-14-11-30-24-33(57)15-16-43(30,2)45(34,47)36(58)25-44(35,3)46(28,61)41(60)51-18-8-22-63-20-6-5-19-62-21-7-17-50-40(59)29-9-12-32(13-10-29)56(4)27-31-26-52-39-37(53-31)38(48)54-42(49)55-39/h9-13,15-16,26,28,34-36,58,61H,5-8,14,17-25,27H2,1-4H3,(H,50,59)(H,51,60)(H4,48,49,52,54,55)/t28-,34?,35+,36+,43+,44+,45+,46+/m1/s1. The lowest BCUT2D eigenvalue weighted by atomic mass is 9.45. The van der Waals surface area contributed by atoms with Gasteiger partial charge in [0.25, 0.3) is 11.8 Å². The van der Waals surface area contributed by atoms with Crippen molar-refractivity contribution in [2.45, 2.75) is 96.1 Å². The summed E-state index contributed by atoms with van der Waals surface area (Å²) >= 11 is 0. The summed E-state index contributed by atoms with van der Waals surface area (Å²) in [6.45, 7) is 8.75. The molecule has 0 saturated heterocycles. The maximum absolute atomic E-state index is 17.4. The molecule has 4 aliphatic rings. The number of nitrogens with one attached hydrogen (secondary N) is 2. The first kappa shape index (κ1) is 45.9. The number of amides is 2. The highest BCUT2D eigenvalue weighted by molar-refractivity contribution is 5.95. The van der Waals surface area contributed by atoms with Crippen molar-refractivity contribution >= 4 is 46.2 Å². The molecular weight excluding hydrogens is 810 g/mol. The van der Waals surface area contributed by atoms with Crippen molar-refractivity contribution in [3.05, 3.63) is 65.5 Å². The lowest BCUT2D eigenvalue weighted by Crippen LogP contribution is -2.69. The Bertz CT molecular complexity index is 2240. The molecule has 1 unspecified atom stereocenters. The van der Waals surface area contributed by atoms with Gasteiger partial charge in [0.15, 0.2) is 34.0 Å². The van der Waals surface area contributed by atoms with E-state index in [-0.39, 0.29) is 42.2 Å². The van der Waals surface area contributed by atoms with Gasteiger partial charge in [0.05, 0.1) is 24.5 Å². The summed E-state index contributed by atoms with van der Waals surface area (Å²) in [5.74, 6) is -1.89. The number of anilines is 3. The van der Waals surface area contributed by atoms with Crippen molar-refractivity contribution in [3.8, 4) is 0 Å². The number of aromatic nitrogens is 4. The summed E-state index contributed by atoms with van der Waals surface area (Å²) in [7, 11) is 1.91. The zero-order valence-corrected chi connectivity index (χ0v) is 36.7. The van der Waals surface area contributed by atoms with E-state index in [2.05, 4.69) is 30.6 Å². The zero-order valence-electron chi connectivity index (χ0n) is 36.7. The normalized spacial score (nSPS) is 29.7. The average molecular weight is 872 g/mol. The van der Waals surface area contributed by atoms with Crippen LogP contribution >= 0.6 is 0 Å². The highest BCUT2D eigenvalue weighted by atomic mass is 19.1. The third kappa shape index (κ3) is 8.64. The molecule has 8 atom stereocenters. The van der Waals surface area contributed by atoms with Crippen LogP contribution in [0.15, 0.2) is 54.3 Å². The molecule has 2 amide bonds. The number of allylic oxidation sites excluding steroid dienone is 4. The summed E-state index contributed by atoms with van der Waals surface area (Å²) < 4.78 is 28.9. The third-order valence-corrected chi connectivity index (χ3v) is 14.3. The number of ketones is 1. The van der Waals surface area contributed by atoms with Crippen molar-refractivity contribution in [2.75, 3.05) is 62.9 Å². The predicted molar refractivity (Wildman–Crippen MR) is 236 cm³/mol. The van der Waals surface area contributed by atoms with E-state index in [1.165, 1.54) is 6.08 Å². The average Bonchev–Trinajstić information content (AvgIpc) is 3.45. The minimum absolute atomic E-state index is 0.0430. The zero-order chi connectivity index (χ0) is 45.2. The molecule has 2 aromatic heterocycles. The van der Waals surface area contributed by atoms with E-state index in [4.69, 9.17) is 20.9 Å². The van der Waals surface area contributed by atoms with Gasteiger partial charge in [0.1, 0.15) is 0 Å². The number of nitrogen functional groups attached to an aromatic ring is 2. The second-order valence-corrected chi connectivity index (χ2v) is 18.2. The van der Waals surface area contributed by atoms with Crippen LogP contribution in [0, 0.1) is 28.6 Å². The number of alkyl halides is 1. The number of carbonyl (C=O) groups is 3. The summed E-state index contributed by atoms with van der Waals surface area (Å²) in [6, 6.07) is 7.29. The first-order valence-electron chi connectivity index (χ1n) is 22.1. The van der Waals surface area contributed by atoms with Gasteiger partial charge in [-0.15, -0.1) is 0 Å². The summed E-state index contributed by atoms with van der Waals surface area (Å²) in [5, 5.41) is 29.6. The second-order valence-electron chi connectivity index (χ2n) is 18.2. The fourth-order valence-electron chi connectivity index (χ4n) is 10.8. The number of fused-ring (bicyclic) bond motifs is 6. The van der Waals surface area contributed by atoms with E-state index in [1.807, 2.05) is 44.0 Å². The van der Waals surface area contributed by atoms with Gasteiger partial charge in [-0.25, -0.2) is 14.4 Å². The van der Waals surface area contributed by atoms with Crippen LogP contribution in [0.5, 0.6) is 0 Å². The van der Waals surface area contributed by atoms with E-state index in [1.54, 1.807) is 31.3 Å². The number of aliphatic hydroxyl groups excluding tert-OH is 1. The Morgan fingerprint density at radius 1 is 0.968 bits per heavy atom. The van der Waals surface area contributed by atoms with Crippen molar-refractivity contribution in [3.63, 3.8) is 0 Å².